The highest BCUT2D eigenvalue weighted by molar-refractivity contribution is 5.78. The second-order valence-corrected chi connectivity index (χ2v) is 10.5. The average Bonchev–Trinajstić information content (AvgIpc) is 3.00. The van der Waals surface area contributed by atoms with E-state index in [0.29, 0.717) is 38.5 Å². The number of amides is 1. The molecule has 0 bridgehead atoms. The van der Waals surface area contributed by atoms with Gasteiger partial charge in [-0.05, 0) is 72.9 Å². The van der Waals surface area contributed by atoms with Crippen LogP contribution < -0.4 is 19.5 Å². The van der Waals surface area contributed by atoms with Crippen LogP contribution in [0.1, 0.15) is 77.8 Å². The molecule has 2 aromatic carbocycles. The zero-order chi connectivity index (χ0) is 30.6. The van der Waals surface area contributed by atoms with Gasteiger partial charge in [-0.3, -0.25) is 4.79 Å². The van der Waals surface area contributed by atoms with Gasteiger partial charge in [0.2, 0.25) is 5.91 Å². The molecule has 2 rings (SSSR count). The van der Waals surface area contributed by atoms with Crippen LogP contribution in [0.15, 0.2) is 42.5 Å². The molecule has 2 N–H and O–H groups in total. The van der Waals surface area contributed by atoms with Crippen LogP contribution in [-0.4, -0.2) is 51.7 Å². The molecule has 0 radical (unpaired) electrons. The van der Waals surface area contributed by atoms with E-state index in [2.05, 4.69) is 24.4 Å². The fourth-order valence-corrected chi connectivity index (χ4v) is 4.71. The summed E-state index contributed by atoms with van der Waals surface area (Å²) in [6.07, 6.45) is 4.24. The summed E-state index contributed by atoms with van der Waals surface area (Å²) in [6, 6.07) is 13.8. The molecule has 1 unspecified atom stereocenters. The molecule has 0 heterocycles. The maximum Gasteiger partial charge on any atom is 0.223 e. The Kier molecular flexibility index (Phi) is 18.6. The van der Waals surface area contributed by atoms with Gasteiger partial charge in [0.1, 0.15) is 5.75 Å². The van der Waals surface area contributed by atoms with E-state index in [9.17, 15) is 9.90 Å². The van der Waals surface area contributed by atoms with Gasteiger partial charge in [0.15, 0.2) is 11.5 Å². The Bertz CT molecular complexity index is 962. The number of carbonyl (C=O) groups excluding carboxylic acids is 1. The summed E-state index contributed by atoms with van der Waals surface area (Å²) < 4.78 is 21.7. The van der Waals surface area contributed by atoms with Crippen LogP contribution in [0, 0.1) is 17.8 Å². The molecule has 0 spiro atoms. The zero-order valence-electron chi connectivity index (χ0n) is 26.7. The molecule has 2 aromatic rings. The number of aliphatic hydroxyl groups excluding tert-OH is 1. The van der Waals surface area contributed by atoms with Crippen LogP contribution in [0.5, 0.6) is 17.2 Å². The Hall–Kier alpha value is -2.77. The highest BCUT2D eigenvalue weighted by Gasteiger charge is 2.25. The second-order valence-electron chi connectivity index (χ2n) is 10.5. The molecule has 7 nitrogen and oxygen atoms in total. The molecule has 0 aromatic heterocycles. The van der Waals surface area contributed by atoms with E-state index in [0.717, 1.165) is 48.5 Å². The molecule has 0 aliphatic carbocycles. The lowest BCUT2D eigenvalue weighted by Crippen LogP contribution is -2.35. The Labute approximate surface area is 248 Å². The van der Waals surface area contributed by atoms with Gasteiger partial charge >= 0.3 is 0 Å². The van der Waals surface area contributed by atoms with E-state index in [-0.39, 0.29) is 17.7 Å². The predicted molar refractivity (Wildman–Crippen MR) is 167 cm³/mol. The SMILES string of the molecule is CC.CC[C@H](CC[C@@H](O)CC(C(=O)NCc1ccc(OC)cc1)C(C)C)Cc1ccc(OC)c(OCCCOC)c1. The van der Waals surface area contributed by atoms with E-state index >= 15 is 0 Å². The molecule has 1 amide bonds. The van der Waals surface area contributed by atoms with Gasteiger partial charge in [-0.2, -0.15) is 0 Å². The minimum absolute atomic E-state index is 0.0110. The molecule has 3 atom stereocenters. The van der Waals surface area contributed by atoms with Crippen molar-refractivity contribution in [3.8, 4) is 17.2 Å². The van der Waals surface area contributed by atoms with Crippen LogP contribution in [0.4, 0.5) is 0 Å². The molecule has 0 fully saturated rings. The van der Waals surface area contributed by atoms with Gasteiger partial charge in [0, 0.05) is 32.6 Å². The maximum absolute atomic E-state index is 13.0. The van der Waals surface area contributed by atoms with Crippen molar-refractivity contribution in [2.45, 2.75) is 85.8 Å². The first kappa shape index (κ1) is 36.3. The number of benzene rings is 2. The molecule has 41 heavy (non-hydrogen) atoms. The molecule has 232 valence electrons. The van der Waals surface area contributed by atoms with E-state index < -0.39 is 6.10 Å². The summed E-state index contributed by atoms with van der Waals surface area (Å²) in [5.41, 5.74) is 2.21. The summed E-state index contributed by atoms with van der Waals surface area (Å²) >= 11 is 0. The lowest BCUT2D eigenvalue weighted by atomic mass is 9.85. The average molecular weight is 574 g/mol. The van der Waals surface area contributed by atoms with Gasteiger partial charge < -0.3 is 29.4 Å². The Morgan fingerprint density at radius 3 is 2.17 bits per heavy atom. The summed E-state index contributed by atoms with van der Waals surface area (Å²) in [5, 5.41) is 13.9. The van der Waals surface area contributed by atoms with Crippen molar-refractivity contribution in [2.75, 3.05) is 34.5 Å². The van der Waals surface area contributed by atoms with Crippen molar-refractivity contribution in [1.29, 1.82) is 0 Å². The first-order valence-electron chi connectivity index (χ1n) is 15.2. The van der Waals surface area contributed by atoms with E-state index in [1.807, 2.05) is 58.0 Å². The summed E-state index contributed by atoms with van der Waals surface area (Å²) in [5.74, 6) is 2.58. The fraction of sp³-hybridized carbons (Fsp3) is 0.618. The monoisotopic (exact) mass is 573 g/mol. The number of hydrogen-bond acceptors (Lipinski definition) is 6. The van der Waals surface area contributed by atoms with Gasteiger partial charge in [-0.25, -0.2) is 0 Å². The fourth-order valence-electron chi connectivity index (χ4n) is 4.71. The lowest BCUT2D eigenvalue weighted by molar-refractivity contribution is -0.127. The van der Waals surface area contributed by atoms with Crippen LogP contribution >= 0.6 is 0 Å². The van der Waals surface area contributed by atoms with Gasteiger partial charge in [-0.15, -0.1) is 0 Å². The summed E-state index contributed by atoms with van der Waals surface area (Å²) in [7, 11) is 4.97. The van der Waals surface area contributed by atoms with Crippen molar-refractivity contribution in [3.05, 3.63) is 53.6 Å². The smallest absolute Gasteiger partial charge is 0.223 e. The minimum Gasteiger partial charge on any atom is -0.497 e. The molecule has 0 saturated carbocycles. The first-order chi connectivity index (χ1) is 19.8. The zero-order valence-corrected chi connectivity index (χ0v) is 26.7. The number of ether oxygens (including phenoxy) is 4. The largest absolute Gasteiger partial charge is 0.497 e. The quantitative estimate of drug-likeness (QED) is 0.179. The number of methoxy groups -OCH3 is 3. The molecular weight excluding hydrogens is 518 g/mol. The second kappa shape index (κ2) is 21.0. The third kappa shape index (κ3) is 13.6. The molecule has 0 saturated heterocycles. The Morgan fingerprint density at radius 1 is 0.902 bits per heavy atom. The van der Waals surface area contributed by atoms with Crippen LogP contribution in [0.2, 0.25) is 0 Å². The molecular formula is C34H55NO6. The Balaban J connectivity index is 0.00000411. The van der Waals surface area contributed by atoms with E-state index in [1.54, 1.807) is 21.3 Å². The van der Waals surface area contributed by atoms with Crippen LogP contribution in [-0.2, 0) is 22.5 Å². The molecule has 0 aliphatic heterocycles. The summed E-state index contributed by atoms with van der Waals surface area (Å²) in [4.78, 5) is 13.0. The standard InChI is InChI=1S/C32H49NO6.C2H6/c1-7-24(19-26-12-16-30(38-6)31(20-26)39-18-8-17-36-4)9-13-27(34)21-29(23(2)3)32(35)33-22-25-10-14-28(37-5)15-11-25;1-2/h10-12,14-16,20,23-24,27,29,34H,7-9,13,17-19,21-22H2,1-6H3,(H,33,35);1-2H3/t24-,27-,29?;/m1./s1. The van der Waals surface area contributed by atoms with Gasteiger partial charge in [0.05, 0.1) is 26.9 Å². The van der Waals surface area contributed by atoms with Crippen molar-refractivity contribution in [3.63, 3.8) is 0 Å². The highest BCUT2D eigenvalue weighted by Crippen LogP contribution is 2.31. The number of carbonyl (C=O) groups is 1. The third-order valence-corrected chi connectivity index (χ3v) is 7.28. The third-order valence-electron chi connectivity index (χ3n) is 7.28. The summed E-state index contributed by atoms with van der Waals surface area (Å²) in [6.45, 7) is 12.0. The van der Waals surface area contributed by atoms with Crippen LogP contribution in [0.3, 0.4) is 0 Å². The van der Waals surface area contributed by atoms with E-state index in [1.165, 1.54) is 5.56 Å². The molecule has 7 heteroatoms. The Morgan fingerprint density at radius 2 is 1.59 bits per heavy atom. The maximum atomic E-state index is 13.0. The minimum atomic E-state index is -0.520. The van der Waals surface area contributed by atoms with Crippen molar-refractivity contribution >= 4 is 5.91 Å². The molecule has 0 aliphatic rings. The van der Waals surface area contributed by atoms with Crippen LogP contribution in [0.25, 0.3) is 0 Å². The number of rotatable bonds is 19. The first-order valence-corrected chi connectivity index (χ1v) is 15.2. The number of nitrogens with one attached hydrogen (secondary N) is 1. The normalized spacial score (nSPS) is 13.0. The van der Waals surface area contributed by atoms with Crippen molar-refractivity contribution in [2.24, 2.45) is 17.8 Å². The number of aliphatic hydroxyl groups is 1. The highest BCUT2D eigenvalue weighted by atomic mass is 16.5. The van der Waals surface area contributed by atoms with Crippen molar-refractivity contribution in [1.82, 2.24) is 5.32 Å². The predicted octanol–water partition coefficient (Wildman–Crippen LogP) is 6.83. The van der Waals surface area contributed by atoms with E-state index in [4.69, 9.17) is 18.9 Å². The topological polar surface area (TPSA) is 86.3 Å². The van der Waals surface area contributed by atoms with Gasteiger partial charge in [-0.1, -0.05) is 59.2 Å². The van der Waals surface area contributed by atoms with Gasteiger partial charge in [0.25, 0.3) is 0 Å². The van der Waals surface area contributed by atoms with Crippen molar-refractivity contribution < 1.29 is 28.8 Å². The number of hydrogen-bond donors (Lipinski definition) is 2. The lowest BCUT2D eigenvalue weighted by Gasteiger charge is -2.24.